The molecule has 18 heteroatoms. The average Bonchev–Trinajstić information content (AvgIpc) is 3.54. The Balaban J connectivity index is 0.000000331. The zero-order valence-corrected chi connectivity index (χ0v) is 23.5. The van der Waals surface area contributed by atoms with E-state index in [1.807, 2.05) is 48.8 Å². The lowest BCUT2D eigenvalue weighted by atomic mass is 9.86. The highest BCUT2D eigenvalue weighted by Gasteiger charge is 2.44. The summed E-state index contributed by atoms with van der Waals surface area (Å²) in [5.41, 5.74) is 1.07. The Morgan fingerprint density at radius 2 is 1.40 bits per heavy atom. The van der Waals surface area contributed by atoms with Crippen molar-refractivity contribution in [3.63, 3.8) is 0 Å². The first kappa shape index (κ1) is 34.7. The fourth-order valence-electron chi connectivity index (χ4n) is 4.80. The van der Waals surface area contributed by atoms with Crippen LogP contribution in [0, 0.1) is 5.41 Å². The lowest BCUT2D eigenvalue weighted by molar-refractivity contribution is -0.193. The van der Waals surface area contributed by atoms with Gasteiger partial charge in [-0.15, -0.1) is 0 Å². The van der Waals surface area contributed by atoms with E-state index in [1.54, 1.807) is 11.7 Å². The van der Waals surface area contributed by atoms with Crippen LogP contribution in [0.3, 0.4) is 0 Å². The number of nitrogens with zero attached hydrogens (tertiary/aromatic N) is 5. The van der Waals surface area contributed by atoms with E-state index in [4.69, 9.17) is 24.5 Å². The molecular weight excluding hydrogens is 620 g/mol. The molecule has 1 aromatic carbocycles. The molecule has 2 aliphatic heterocycles. The number of halogens is 6. The Kier molecular flexibility index (Phi) is 10.7. The zero-order chi connectivity index (χ0) is 33.6. The third-order valence-corrected chi connectivity index (χ3v) is 6.89. The summed E-state index contributed by atoms with van der Waals surface area (Å²) < 4.78 is 71.6. The Labute approximate surface area is 250 Å². The van der Waals surface area contributed by atoms with Gasteiger partial charge in [-0.25, -0.2) is 14.3 Å². The van der Waals surface area contributed by atoms with E-state index in [1.165, 1.54) is 10.2 Å². The number of fused-ring (bicyclic) bond motifs is 1. The second-order valence-electron chi connectivity index (χ2n) is 10.2. The largest absolute Gasteiger partial charge is 0.497 e. The van der Waals surface area contributed by atoms with Gasteiger partial charge in [0.1, 0.15) is 11.6 Å². The first-order chi connectivity index (χ1) is 20.9. The van der Waals surface area contributed by atoms with Crippen LogP contribution in [0.5, 0.6) is 5.75 Å². The summed E-state index contributed by atoms with van der Waals surface area (Å²) in [6.45, 7) is 3.58. The van der Waals surface area contributed by atoms with Crippen LogP contribution in [0.25, 0.3) is 0 Å². The quantitative estimate of drug-likeness (QED) is 0.312. The van der Waals surface area contributed by atoms with Crippen LogP contribution in [-0.2, 0) is 35.6 Å². The molecule has 1 unspecified atom stereocenters. The molecule has 12 nitrogen and oxygen atoms in total. The highest BCUT2D eigenvalue weighted by atomic mass is 19.4. The standard InChI is InChI=1S/C23H25N5O3.2C2HF3O2/c1-31-19-4-2-17(3-5-19)14-28-22(30)21(29)27-16-23(12-20(27)25-28)8-11-26(15-23)13-18-6-9-24-10-7-18;2*3-2(4,5)1(6)7/h2-7,9-10H,8,11-16H2,1H3;2*(H,6,7). The molecule has 0 saturated carbocycles. The van der Waals surface area contributed by atoms with Crippen molar-refractivity contribution in [1.82, 2.24) is 24.2 Å². The van der Waals surface area contributed by atoms with E-state index in [9.17, 15) is 35.9 Å². The molecule has 1 atom stereocenters. The van der Waals surface area contributed by atoms with Crippen molar-refractivity contribution in [3.8, 4) is 5.75 Å². The number of ether oxygens (including phenoxy) is 1. The minimum atomic E-state index is -5.08. The number of pyridine rings is 1. The highest BCUT2D eigenvalue weighted by molar-refractivity contribution is 5.73. The zero-order valence-electron chi connectivity index (χ0n) is 23.5. The first-order valence-corrected chi connectivity index (χ1v) is 13.0. The number of rotatable bonds is 5. The number of aromatic nitrogens is 4. The van der Waals surface area contributed by atoms with E-state index in [0.29, 0.717) is 12.4 Å². The normalized spacial score (nSPS) is 17.5. The number of carbonyl (C=O) groups is 2. The van der Waals surface area contributed by atoms with Crippen LogP contribution in [0.4, 0.5) is 26.3 Å². The third-order valence-electron chi connectivity index (χ3n) is 6.89. The van der Waals surface area contributed by atoms with E-state index in [-0.39, 0.29) is 12.0 Å². The maximum atomic E-state index is 12.8. The molecule has 244 valence electrons. The van der Waals surface area contributed by atoms with Gasteiger partial charge < -0.3 is 14.9 Å². The van der Waals surface area contributed by atoms with E-state index < -0.39 is 35.4 Å². The number of hydrogen-bond donors (Lipinski definition) is 2. The van der Waals surface area contributed by atoms with Gasteiger partial charge in [-0.2, -0.15) is 31.4 Å². The van der Waals surface area contributed by atoms with Crippen molar-refractivity contribution in [2.75, 3.05) is 20.2 Å². The SMILES string of the molecule is COc1ccc(Cn2nc3n(c(=O)c2=O)CC2(CCN(Cc4ccncc4)C2)C3)cc1.O=C(O)C(F)(F)F.O=C(O)C(F)(F)F. The molecule has 2 N–H and O–H groups in total. The molecule has 1 fully saturated rings. The number of carboxylic acid groups (broad SMARTS) is 2. The van der Waals surface area contributed by atoms with E-state index in [2.05, 4.69) is 15.0 Å². The second-order valence-corrected chi connectivity index (χ2v) is 10.2. The van der Waals surface area contributed by atoms with Gasteiger partial charge in [0.05, 0.1) is 13.7 Å². The van der Waals surface area contributed by atoms with Crippen LogP contribution >= 0.6 is 0 Å². The van der Waals surface area contributed by atoms with Gasteiger partial charge in [0, 0.05) is 43.9 Å². The molecule has 0 bridgehead atoms. The number of hydrogen-bond acceptors (Lipinski definition) is 8. The average molecular weight is 648 g/mol. The fourth-order valence-corrected chi connectivity index (χ4v) is 4.80. The summed E-state index contributed by atoms with van der Waals surface area (Å²) in [6, 6.07) is 11.5. The van der Waals surface area contributed by atoms with Crippen molar-refractivity contribution in [2.24, 2.45) is 5.41 Å². The van der Waals surface area contributed by atoms with E-state index in [0.717, 1.165) is 43.8 Å². The van der Waals surface area contributed by atoms with Gasteiger partial charge in [0.2, 0.25) is 0 Å². The number of likely N-dealkylation sites (tertiary alicyclic amines) is 1. The minimum absolute atomic E-state index is 0.0298. The summed E-state index contributed by atoms with van der Waals surface area (Å²) in [7, 11) is 1.61. The predicted octanol–water partition coefficient (Wildman–Crippen LogP) is 2.57. The maximum absolute atomic E-state index is 12.8. The van der Waals surface area contributed by atoms with Gasteiger partial charge in [-0.05, 0) is 48.4 Å². The maximum Gasteiger partial charge on any atom is 0.490 e. The molecule has 0 radical (unpaired) electrons. The van der Waals surface area contributed by atoms with Gasteiger partial charge in [0.15, 0.2) is 0 Å². The van der Waals surface area contributed by atoms with Gasteiger partial charge in [-0.3, -0.25) is 24.0 Å². The van der Waals surface area contributed by atoms with Crippen LogP contribution in [-0.4, -0.2) is 78.9 Å². The molecule has 5 rings (SSSR count). The van der Waals surface area contributed by atoms with Crippen molar-refractivity contribution in [1.29, 1.82) is 0 Å². The van der Waals surface area contributed by atoms with Gasteiger partial charge in [0.25, 0.3) is 0 Å². The van der Waals surface area contributed by atoms with Crippen molar-refractivity contribution >= 4 is 11.9 Å². The molecule has 2 aromatic heterocycles. The third kappa shape index (κ3) is 9.37. The second kappa shape index (κ2) is 13.9. The number of benzene rings is 1. The van der Waals surface area contributed by atoms with Crippen molar-refractivity contribution in [3.05, 3.63) is 86.5 Å². The van der Waals surface area contributed by atoms with Crippen molar-refractivity contribution in [2.45, 2.75) is 44.8 Å². The molecule has 0 amide bonds. The molecule has 45 heavy (non-hydrogen) atoms. The summed E-state index contributed by atoms with van der Waals surface area (Å²) in [5.74, 6) is -4.05. The predicted molar refractivity (Wildman–Crippen MR) is 143 cm³/mol. The Morgan fingerprint density at radius 3 is 1.91 bits per heavy atom. The lowest BCUT2D eigenvalue weighted by Crippen LogP contribution is -2.43. The van der Waals surface area contributed by atoms with Gasteiger partial charge >= 0.3 is 35.4 Å². The smallest absolute Gasteiger partial charge is 0.490 e. The molecule has 0 aliphatic carbocycles. The molecule has 1 saturated heterocycles. The van der Waals surface area contributed by atoms with Crippen LogP contribution in [0.2, 0.25) is 0 Å². The molecule has 4 heterocycles. The highest BCUT2D eigenvalue weighted by Crippen LogP contribution is 2.39. The fraction of sp³-hybridized carbons (Fsp3) is 0.407. The summed E-state index contributed by atoms with van der Waals surface area (Å²) in [4.78, 5) is 49.8. The Bertz CT molecular complexity index is 1580. The van der Waals surface area contributed by atoms with Crippen LogP contribution in [0.15, 0.2) is 58.4 Å². The number of carboxylic acids is 2. The number of methoxy groups -OCH3 is 1. The van der Waals surface area contributed by atoms with E-state index >= 15 is 0 Å². The number of alkyl halides is 6. The Hall–Kier alpha value is -4.74. The Morgan fingerprint density at radius 1 is 0.867 bits per heavy atom. The summed E-state index contributed by atoms with van der Waals surface area (Å²) in [6.07, 6.45) is -4.83. The molecule has 3 aromatic rings. The topological polar surface area (TPSA) is 157 Å². The lowest BCUT2D eigenvalue weighted by Gasteiger charge is -2.22. The minimum Gasteiger partial charge on any atom is -0.497 e. The summed E-state index contributed by atoms with van der Waals surface area (Å²) >= 11 is 0. The first-order valence-electron chi connectivity index (χ1n) is 13.0. The van der Waals surface area contributed by atoms with Crippen LogP contribution < -0.4 is 15.9 Å². The van der Waals surface area contributed by atoms with Gasteiger partial charge in [-0.1, -0.05) is 12.1 Å². The summed E-state index contributed by atoms with van der Waals surface area (Å²) in [5, 5.41) is 18.8. The molecule has 2 aliphatic rings. The monoisotopic (exact) mass is 647 g/mol. The van der Waals surface area contributed by atoms with Crippen molar-refractivity contribution < 1.29 is 50.9 Å². The molecular formula is C27H27F6N5O7. The van der Waals surface area contributed by atoms with Crippen LogP contribution in [0.1, 0.15) is 23.4 Å². The molecule has 1 spiro atoms. The number of aliphatic carboxylic acids is 2.